The van der Waals surface area contributed by atoms with Crippen LogP contribution in [-0.4, -0.2) is 24.6 Å². The van der Waals surface area contributed by atoms with Crippen LogP contribution >= 0.6 is 0 Å². The Bertz CT molecular complexity index is 253. The van der Waals surface area contributed by atoms with Crippen LogP contribution in [-0.2, 0) is 11.2 Å². The van der Waals surface area contributed by atoms with E-state index >= 15 is 0 Å². The Morgan fingerprint density at radius 2 is 2.00 bits per heavy atom. The number of hydrogen-bond donors (Lipinski definition) is 1. The van der Waals surface area contributed by atoms with Crippen molar-refractivity contribution in [3.05, 3.63) is 29.8 Å². The minimum atomic E-state index is 0.0100. The predicted molar refractivity (Wildman–Crippen MR) is 48.8 cm³/mol. The number of aldehydes is 1. The Kier molecular flexibility index (Phi) is 3.99. The topological polar surface area (TPSA) is 46.5 Å². The third-order valence-corrected chi connectivity index (χ3v) is 1.60. The van der Waals surface area contributed by atoms with E-state index in [0.717, 1.165) is 11.8 Å². The predicted octanol–water partition coefficient (Wildman–Crippen LogP) is 0.799. The summed E-state index contributed by atoms with van der Waals surface area (Å²) < 4.78 is 5.15. The van der Waals surface area contributed by atoms with Gasteiger partial charge < -0.3 is 14.6 Å². The van der Waals surface area contributed by atoms with Crippen molar-refractivity contribution in [2.24, 2.45) is 0 Å². The fourth-order valence-corrected chi connectivity index (χ4v) is 0.981. The number of carbonyl (C=O) groups excluding carboxylic acids is 1. The van der Waals surface area contributed by atoms with E-state index in [1.54, 1.807) is 12.1 Å². The van der Waals surface area contributed by atoms with Crippen molar-refractivity contribution in [2.75, 3.05) is 13.2 Å². The first kappa shape index (κ1) is 9.74. The van der Waals surface area contributed by atoms with Gasteiger partial charge in [0.2, 0.25) is 0 Å². The Balaban J connectivity index is 2.53. The Morgan fingerprint density at radius 1 is 1.31 bits per heavy atom. The maximum absolute atomic E-state index is 10.2. The first-order valence-corrected chi connectivity index (χ1v) is 4.13. The van der Waals surface area contributed by atoms with E-state index in [4.69, 9.17) is 9.84 Å². The summed E-state index contributed by atoms with van der Waals surface area (Å²) >= 11 is 0. The fourth-order valence-electron chi connectivity index (χ4n) is 0.981. The van der Waals surface area contributed by atoms with Crippen molar-refractivity contribution >= 4 is 6.29 Å². The first-order valence-electron chi connectivity index (χ1n) is 4.13. The molecule has 0 unspecified atom stereocenters. The zero-order valence-electron chi connectivity index (χ0n) is 7.27. The molecule has 0 heterocycles. The van der Waals surface area contributed by atoms with Crippen LogP contribution in [0.4, 0.5) is 0 Å². The molecule has 0 bridgehead atoms. The van der Waals surface area contributed by atoms with E-state index in [2.05, 4.69) is 0 Å². The lowest BCUT2D eigenvalue weighted by Gasteiger charge is -2.03. The Labute approximate surface area is 77.0 Å². The molecule has 3 heteroatoms. The highest BCUT2D eigenvalue weighted by atomic mass is 16.5. The lowest BCUT2D eigenvalue weighted by molar-refractivity contribution is -0.107. The second kappa shape index (κ2) is 5.32. The van der Waals surface area contributed by atoms with Crippen LogP contribution < -0.4 is 4.74 Å². The molecule has 70 valence electrons. The number of ether oxygens (including phenoxy) is 1. The molecule has 0 aromatic heterocycles. The highest BCUT2D eigenvalue weighted by Gasteiger charge is 1.93. The van der Waals surface area contributed by atoms with Gasteiger partial charge in [-0.05, 0) is 17.7 Å². The number of carbonyl (C=O) groups is 1. The fraction of sp³-hybridized carbons (Fsp3) is 0.300. The standard InChI is InChI=1S/C10H12O3/c11-6-5-9-1-3-10(4-2-9)13-8-7-12/h1-4,6,12H,5,7-8H2. The summed E-state index contributed by atoms with van der Waals surface area (Å²) in [5.41, 5.74) is 0.964. The minimum absolute atomic E-state index is 0.0100. The van der Waals surface area contributed by atoms with Gasteiger partial charge in [0.25, 0.3) is 0 Å². The average molecular weight is 180 g/mol. The van der Waals surface area contributed by atoms with Crippen LogP contribution in [0.3, 0.4) is 0 Å². The summed E-state index contributed by atoms with van der Waals surface area (Å²) in [6.45, 7) is 0.309. The van der Waals surface area contributed by atoms with Crippen LogP contribution in [0, 0.1) is 0 Å². The van der Waals surface area contributed by atoms with E-state index in [1.165, 1.54) is 0 Å². The van der Waals surface area contributed by atoms with E-state index in [9.17, 15) is 4.79 Å². The highest BCUT2D eigenvalue weighted by Crippen LogP contribution is 2.11. The van der Waals surface area contributed by atoms with Crippen molar-refractivity contribution in [3.63, 3.8) is 0 Å². The second-order valence-corrected chi connectivity index (χ2v) is 2.59. The van der Waals surface area contributed by atoms with Crippen LogP contribution in [0.1, 0.15) is 5.56 Å². The van der Waals surface area contributed by atoms with Gasteiger partial charge in [-0.1, -0.05) is 12.1 Å². The minimum Gasteiger partial charge on any atom is -0.491 e. The van der Waals surface area contributed by atoms with Gasteiger partial charge in [-0.3, -0.25) is 0 Å². The first-order chi connectivity index (χ1) is 6.36. The van der Waals surface area contributed by atoms with Crippen LogP contribution in [0.15, 0.2) is 24.3 Å². The molecule has 0 radical (unpaired) electrons. The third kappa shape index (κ3) is 3.25. The number of aliphatic hydroxyl groups is 1. The van der Waals surface area contributed by atoms with E-state index < -0.39 is 0 Å². The van der Waals surface area contributed by atoms with Gasteiger partial charge in [0, 0.05) is 6.42 Å². The number of hydrogen-bond acceptors (Lipinski definition) is 3. The van der Waals surface area contributed by atoms with E-state index in [1.807, 2.05) is 12.1 Å². The summed E-state index contributed by atoms with van der Waals surface area (Å²) in [6, 6.07) is 7.24. The molecule has 1 rings (SSSR count). The zero-order valence-corrected chi connectivity index (χ0v) is 7.27. The lowest BCUT2D eigenvalue weighted by Crippen LogP contribution is -2.01. The maximum atomic E-state index is 10.2. The van der Waals surface area contributed by atoms with Crippen molar-refractivity contribution in [2.45, 2.75) is 6.42 Å². The normalized spacial score (nSPS) is 9.62. The molecule has 13 heavy (non-hydrogen) atoms. The highest BCUT2D eigenvalue weighted by molar-refractivity contribution is 5.55. The summed E-state index contributed by atoms with van der Waals surface area (Å²) in [6.07, 6.45) is 1.30. The molecule has 0 saturated heterocycles. The summed E-state index contributed by atoms with van der Waals surface area (Å²) in [5, 5.41) is 8.50. The van der Waals surface area contributed by atoms with E-state index in [-0.39, 0.29) is 6.61 Å². The van der Waals surface area contributed by atoms with Crippen molar-refractivity contribution in [3.8, 4) is 5.75 Å². The molecular formula is C10H12O3. The van der Waals surface area contributed by atoms with Gasteiger partial charge in [-0.2, -0.15) is 0 Å². The van der Waals surface area contributed by atoms with Crippen molar-refractivity contribution in [1.29, 1.82) is 0 Å². The van der Waals surface area contributed by atoms with Crippen LogP contribution in [0.25, 0.3) is 0 Å². The van der Waals surface area contributed by atoms with Crippen LogP contribution in [0.2, 0.25) is 0 Å². The summed E-state index contributed by atoms with van der Waals surface area (Å²) in [5.74, 6) is 0.712. The van der Waals surface area contributed by atoms with Gasteiger partial charge in [-0.15, -0.1) is 0 Å². The van der Waals surface area contributed by atoms with Gasteiger partial charge in [-0.25, -0.2) is 0 Å². The van der Waals surface area contributed by atoms with Crippen molar-refractivity contribution in [1.82, 2.24) is 0 Å². The molecule has 0 spiro atoms. The number of aliphatic hydroxyl groups excluding tert-OH is 1. The van der Waals surface area contributed by atoms with Gasteiger partial charge in [0.1, 0.15) is 18.6 Å². The molecule has 0 aliphatic carbocycles. The quantitative estimate of drug-likeness (QED) is 0.682. The molecule has 1 aromatic rings. The van der Waals surface area contributed by atoms with Crippen molar-refractivity contribution < 1.29 is 14.6 Å². The van der Waals surface area contributed by atoms with Gasteiger partial charge >= 0.3 is 0 Å². The number of rotatable bonds is 5. The maximum Gasteiger partial charge on any atom is 0.124 e. The average Bonchev–Trinajstić information content (AvgIpc) is 2.17. The monoisotopic (exact) mass is 180 g/mol. The zero-order chi connectivity index (χ0) is 9.52. The summed E-state index contributed by atoms with van der Waals surface area (Å²) in [7, 11) is 0. The molecule has 0 amide bonds. The smallest absolute Gasteiger partial charge is 0.124 e. The Morgan fingerprint density at radius 3 is 2.54 bits per heavy atom. The molecule has 0 aliphatic rings. The SMILES string of the molecule is O=CCc1ccc(OCCO)cc1. The third-order valence-electron chi connectivity index (χ3n) is 1.60. The van der Waals surface area contributed by atoms with E-state index in [0.29, 0.717) is 18.8 Å². The molecule has 1 aromatic carbocycles. The molecule has 0 atom stereocenters. The molecule has 0 saturated carbocycles. The largest absolute Gasteiger partial charge is 0.491 e. The molecular weight excluding hydrogens is 168 g/mol. The van der Waals surface area contributed by atoms with Crippen LogP contribution in [0.5, 0.6) is 5.75 Å². The lowest BCUT2D eigenvalue weighted by atomic mass is 10.2. The molecule has 1 N–H and O–H groups in total. The Hall–Kier alpha value is -1.35. The molecule has 0 aliphatic heterocycles. The molecule has 0 fully saturated rings. The second-order valence-electron chi connectivity index (χ2n) is 2.59. The number of benzene rings is 1. The van der Waals surface area contributed by atoms with Gasteiger partial charge in [0.05, 0.1) is 6.61 Å². The summed E-state index contributed by atoms with van der Waals surface area (Å²) in [4.78, 5) is 10.2. The van der Waals surface area contributed by atoms with Gasteiger partial charge in [0.15, 0.2) is 0 Å². The molecule has 3 nitrogen and oxygen atoms in total.